The molecule has 2 aromatic carbocycles. The molecule has 0 N–H and O–H groups in total. The van der Waals surface area contributed by atoms with E-state index in [0.717, 1.165) is 21.2 Å². The summed E-state index contributed by atoms with van der Waals surface area (Å²) < 4.78 is 6.33. The quantitative estimate of drug-likeness (QED) is 0.524. The van der Waals surface area contributed by atoms with Crippen molar-refractivity contribution in [3.8, 4) is 22.8 Å². The largest absolute Gasteiger partial charge is 0.337 e. The third-order valence-corrected chi connectivity index (χ3v) is 4.15. The molecule has 2 aromatic heterocycles. The van der Waals surface area contributed by atoms with Gasteiger partial charge in [0.1, 0.15) is 6.54 Å². The molecule has 0 spiro atoms. The van der Waals surface area contributed by atoms with E-state index in [1.165, 1.54) is 4.80 Å². The van der Waals surface area contributed by atoms with E-state index in [1.54, 1.807) is 0 Å². The minimum atomic E-state index is 0.266. The molecule has 0 aliphatic heterocycles. The second kappa shape index (κ2) is 6.56. The average molecular weight is 397 g/mol. The number of halogens is 1. The monoisotopic (exact) mass is 396 g/mol. The van der Waals surface area contributed by atoms with Gasteiger partial charge in [-0.05, 0) is 35.9 Å². The zero-order chi connectivity index (χ0) is 17.2. The molecule has 0 saturated heterocycles. The van der Waals surface area contributed by atoms with Crippen LogP contribution in [0.1, 0.15) is 11.5 Å². The Labute approximate surface area is 151 Å². The maximum absolute atomic E-state index is 5.32. The molecule has 124 valence electrons. The van der Waals surface area contributed by atoms with E-state index in [0.29, 0.717) is 17.5 Å². The molecular formula is C17H13BrN6O. The molecule has 0 unspecified atom stereocenters. The van der Waals surface area contributed by atoms with Crippen LogP contribution in [0.5, 0.6) is 0 Å². The molecule has 2 heterocycles. The van der Waals surface area contributed by atoms with Gasteiger partial charge >= 0.3 is 0 Å². The second-order valence-electron chi connectivity index (χ2n) is 5.48. The molecule has 0 bridgehead atoms. The van der Waals surface area contributed by atoms with E-state index in [9.17, 15) is 0 Å². The topological polar surface area (TPSA) is 82.5 Å². The van der Waals surface area contributed by atoms with Gasteiger partial charge in [-0.15, -0.1) is 10.2 Å². The number of benzene rings is 2. The number of hydrogen-bond donors (Lipinski definition) is 0. The highest BCUT2D eigenvalue weighted by atomic mass is 79.9. The van der Waals surface area contributed by atoms with Crippen LogP contribution in [-0.4, -0.2) is 30.3 Å². The lowest BCUT2D eigenvalue weighted by atomic mass is 10.1. The fourth-order valence-electron chi connectivity index (χ4n) is 2.44. The molecule has 8 heteroatoms. The van der Waals surface area contributed by atoms with Crippen LogP contribution in [0.4, 0.5) is 0 Å². The summed E-state index contributed by atoms with van der Waals surface area (Å²) in [6.07, 6.45) is 0. The summed E-state index contributed by atoms with van der Waals surface area (Å²) in [5.74, 6) is 1.53. The van der Waals surface area contributed by atoms with Gasteiger partial charge in [-0.3, -0.25) is 0 Å². The zero-order valence-electron chi connectivity index (χ0n) is 13.3. The first-order valence-electron chi connectivity index (χ1n) is 7.61. The summed E-state index contributed by atoms with van der Waals surface area (Å²) in [6.45, 7) is 2.27. The first kappa shape index (κ1) is 15.6. The van der Waals surface area contributed by atoms with Crippen molar-refractivity contribution in [2.24, 2.45) is 0 Å². The minimum absolute atomic E-state index is 0.266. The van der Waals surface area contributed by atoms with Crippen molar-refractivity contribution in [2.75, 3.05) is 0 Å². The summed E-state index contributed by atoms with van der Waals surface area (Å²) in [5.41, 5.74) is 2.90. The highest BCUT2D eigenvalue weighted by molar-refractivity contribution is 9.10. The van der Waals surface area contributed by atoms with Crippen LogP contribution in [0.25, 0.3) is 22.8 Å². The smallest absolute Gasteiger partial charge is 0.250 e. The molecule has 0 saturated carbocycles. The normalized spacial score (nSPS) is 11.0. The van der Waals surface area contributed by atoms with E-state index in [2.05, 4.69) is 41.5 Å². The van der Waals surface area contributed by atoms with Gasteiger partial charge in [0.2, 0.25) is 11.6 Å². The Morgan fingerprint density at radius 1 is 1.08 bits per heavy atom. The van der Waals surface area contributed by atoms with Crippen molar-refractivity contribution in [1.82, 2.24) is 30.3 Å². The maximum atomic E-state index is 5.32. The molecule has 4 aromatic rings. The molecule has 7 nitrogen and oxygen atoms in total. The molecule has 0 aliphatic carbocycles. The fraction of sp³-hybridized carbons (Fsp3) is 0.118. The molecule has 0 aliphatic rings. The van der Waals surface area contributed by atoms with Crippen molar-refractivity contribution < 1.29 is 4.52 Å². The minimum Gasteiger partial charge on any atom is -0.337 e. The summed E-state index contributed by atoms with van der Waals surface area (Å²) in [6, 6.07) is 15.6. The predicted octanol–water partition coefficient (Wildman–Crippen LogP) is 3.51. The van der Waals surface area contributed by atoms with Gasteiger partial charge in [-0.2, -0.15) is 9.78 Å². The second-order valence-corrected chi connectivity index (χ2v) is 6.40. The summed E-state index contributed by atoms with van der Waals surface area (Å²) >= 11 is 3.45. The number of aryl methyl sites for hydroxylation is 1. The molecule has 0 amide bonds. The standard InChI is InChI=1S/C17H13BrN6O/c1-11-9-13(18)7-8-14(11)17-19-15(25-22-17)10-24-21-16(20-23-24)12-5-3-2-4-6-12/h2-9H,10H2,1H3. The van der Waals surface area contributed by atoms with Crippen molar-refractivity contribution in [1.29, 1.82) is 0 Å². The Kier molecular flexibility index (Phi) is 4.10. The maximum Gasteiger partial charge on any atom is 0.250 e. The lowest BCUT2D eigenvalue weighted by molar-refractivity contribution is 0.356. The van der Waals surface area contributed by atoms with Gasteiger partial charge < -0.3 is 4.52 Å². The Hall–Kier alpha value is -2.87. The van der Waals surface area contributed by atoms with Crippen LogP contribution in [0.3, 0.4) is 0 Å². The van der Waals surface area contributed by atoms with Crippen molar-refractivity contribution in [3.63, 3.8) is 0 Å². The highest BCUT2D eigenvalue weighted by Gasteiger charge is 2.13. The van der Waals surface area contributed by atoms with E-state index in [1.807, 2.05) is 55.5 Å². The van der Waals surface area contributed by atoms with Crippen LogP contribution in [0.15, 0.2) is 57.5 Å². The molecule has 0 fully saturated rings. The first-order valence-corrected chi connectivity index (χ1v) is 8.41. The van der Waals surface area contributed by atoms with Crippen molar-refractivity contribution in [2.45, 2.75) is 13.5 Å². The number of nitrogens with zero attached hydrogens (tertiary/aromatic N) is 6. The summed E-state index contributed by atoms with van der Waals surface area (Å²) in [7, 11) is 0. The predicted molar refractivity (Wildman–Crippen MR) is 94.5 cm³/mol. The highest BCUT2D eigenvalue weighted by Crippen LogP contribution is 2.24. The Morgan fingerprint density at radius 2 is 1.92 bits per heavy atom. The van der Waals surface area contributed by atoms with Gasteiger partial charge in [0.25, 0.3) is 5.89 Å². The fourth-order valence-corrected chi connectivity index (χ4v) is 2.92. The summed E-state index contributed by atoms with van der Waals surface area (Å²) in [4.78, 5) is 5.87. The van der Waals surface area contributed by atoms with Gasteiger partial charge in [0.05, 0.1) is 0 Å². The molecule has 25 heavy (non-hydrogen) atoms. The van der Waals surface area contributed by atoms with E-state index < -0.39 is 0 Å². The van der Waals surface area contributed by atoms with Crippen molar-refractivity contribution >= 4 is 15.9 Å². The molecule has 4 rings (SSSR count). The Balaban J connectivity index is 1.55. The van der Waals surface area contributed by atoms with Crippen molar-refractivity contribution in [3.05, 3.63) is 64.5 Å². The zero-order valence-corrected chi connectivity index (χ0v) is 14.9. The third kappa shape index (κ3) is 3.34. The van der Waals surface area contributed by atoms with Gasteiger partial charge in [0, 0.05) is 15.6 Å². The van der Waals surface area contributed by atoms with Crippen LogP contribution in [-0.2, 0) is 6.54 Å². The van der Waals surface area contributed by atoms with Crippen LogP contribution < -0.4 is 0 Å². The van der Waals surface area contributed by atoms with E-state index >= 15 is 0 Å². The molecule has 0 radical (unpaired) electrons. The van der Waals surface area contributed by atoms with Crippen LogP contribution >= 0.6 is 15.9 Å². The Morgan fingerprint density at radius 3 is 2.72 bits per heavy atom. The number of hydrogen-bond acceptors (Lipinski definition) is 6. The number of aromatic nitrogens is 6. The Bertz CT molecular complexity index is 1010. The first-order chi connectivity index (χ1) is 12.2. The van der Waals surface area contributed by atoms with Gasteiger partial charge in [-0.1, -0.05) is 51.4 Å². The van der Waals surface area contributed by atoms with Gasteiger partial charge in [0.15, 0.2) is 0 Å². The molecular weight excluding hydrogens is 384 g/mol. The lowest BCUT2D eigenvalue weighted by Crippen LogP contribution is -2.04. The molecule has 0 atom stereocenters. The van der Waals surface area contributed by atoms with Crippen LogP contribution in [0.2, 0.25) is 0 Å². The number of rotatable bonds is 4. The SMILES string of the molecule is Cc1cc(Br)ccc1-c1noc(Cn2nnc(-c3ccccc3)n2)n1. The number of tetrazole rings is 1. The summed E-state index contributed by atoms with van der Waals surface area (Å²) in [5, 5.41) is 16.5. The van der Waals surface area contributed by atoms with Crippen LogP contribution in [0, 0.1) is 6.92 Å². The van der Waals surface area contributed by atoms with E-state index in [4.69, 9.17) is 4.52 Å². The average Bonchev–Trinajstić information content (AvgIpc) is 3.26. The lowest BCUT2D eigenvalue weighted by Gasteiger charge is -2.00. The third-order valence-electron chi connectivity index (χ3n) is 3.66. The van der Waals surface area contributed by atoms with Gasteiger partial charge in [-0.25, -0.2) is 0 Å². The van der Waals surface area contributed by atoms with E-state index in [-0.39, 0.29) is 6.54 Å².